The van der Waals surface area contributed by atoms with Crippen molar-refractivity contribution in [3.63, 3.8) is 0 Å². The van der Waals surface area contributed by atoms with E-state index in [1.807, 2.05) is 38.7 Å². The number of Topliss-reactive ketones (excluding diaryl/α,β-unsaturated/α-hetero) is 1. The first-order valence-corrected chi connectivity index (χ1v) is 15.2. The lowest BCUT2D eigenvalue weighted by atomic mass is 9.27. The van der Waals surface area contributed by atoms with Crippen molar-refractivity contribution in [1.29, 1.82) is 5.26 Å². The van der Waals surface area contributed by atoms with Crippen LogP contribution in [0.3, 0.4) is 0 Å². The van der Waals surface area contributed by atoms with E-state index in [9.17, 15) is 14.9 Å². The second-order valence-electron chi connectivity index (χ2n) is 16.2. The summed E-state index contributed by atoms with van der Waals surface area (Å²) in [6.07, 6.45) is 14.6. The molecule has 40 heavy (non-hydrogen) atoms. The molecule has 0 amide bonds. The molecule has 0 radical (unpaired) electrons. The Kier molecular flexibility index (Phi) is 5.27. The van der Waals surface area contributed by atoms with Crippen LogP contribution in [0.15, 0.2) is 36.0 Å². The Bertz CT molecular complexity index is 1430. The maximum absolute atomic E-state index is 15.0. The van der Waals surface area contributed by atoms with Gasteiger partial charge in [-0.25, -0.2) is 0 Å². The van der Waals surface area contributed by atoms with Gasteiger partial charge in [0.15, 0.2) is 11.6 Å². The zero-order valence-electron chi connectivity index (χ0n) is 25.9. The predicted octanol–water partition coefficient (Wildman–Crippen LogP) is 6.99. The van der Waals surface area contributed by atoms with Crippen LogP contribution in [0.5, 0.6) is 0 Å². The molecule has 1 aromatic rings. The van der Waals surface area contributed by atoms with Crippen LogP contribution in [-0.4, -0.2) is 26.3 Å². The first-order chi connectivity index (χ1) is 18.4. The molecule has 3 fully saturated rings. The minimum Gasteiger partial charge on any atom is -0.314 e. The Hall–Kier alpha value is -2.55. The number of carbonyl (C=O) groups excluding carboxylic acids is 2. The summed E-state index contributed by atoms with van der Waals surface area (Å²) >= 11 is 0. The van der Waals surface area contributed by atoms with E-state index in [1.165, 1.54) is 0 Å². The average molecular weight is 543 g/mol. The van der Waals surface area contributed by atoms with Gasteiger partial charge >= 0.3 is 0 Å². The topological polar surface area (TPSA) is 88.6 Å². The Morgan fingerprint density at radius 3 is 2.12 bits per heavy atom. The number of allylic oxidation sites excluding steroid dienone is 4. The average Bonchev–Trinajstić information content (AvgIpc) is 3.44. The van der Waals surface area contributed by atoms with E-state index in [2.05, 4.69) is 69.3 Å². The molecular formula is C34H46N4O2. The van der Waals surface area contributed by atoms with Crippen LogP contribution in [-0.2, 0) is 15.1 Å². The van der Waals surface area contributed by atoms with Gasteiger partial charge in [0.2, 0.25) is 0 Å². The van der Waals surface area contributed by atoms with Crippen LogP contribution in [0.1, 0.15) is 107 Å². The largest absolute Gasteiger partial charge is 0.314 e. The van der Waals surface area contributed by atoms with Crippen molar-refractivity contribution in [2.45, 2.75) is 113 Å². The van der Waals surface area contributed by atoms with Crippen LogP contribution < -0.4 is 0 Å². The van der Waals surface area contributed by atoms with Crippen LogP contribution in [0.25, 0.3) is 0 Å². The number of carbonyl (C=O) groups is 2. The molecular weight excluding hydrogens is 496 g/mol. The number of hydrogen-bond donors (Lipinski definition) is 0. The molecule has 214 valence electrons. The molecule has 6 nitrogen and oxygen atoms in total. The van der Waals surface area contributed by atoms with E-state index >= 15 is 0 Å². The molecule has 1 heterocycles. The van der Waals surface area contributed by atoms with Gasteiger partial charge in [-0.15, -0.1) is 10.2 Å². The molecule has 3 saturated carbocycles. The summed E-state index contributed by atoms with van der Waals surface area (Å²) in [4.78, 5) is 28.3. The van der Waals surface area contributed by atoms with Crippen LogP contribution in [0.2, 0.25) is 0 Å². The number of nitrogens with zero attached hydrogens (tertiary/aromatic N) is 4. The smallest absolute Gasteiger partial charge is 0.178 e. The minimum absolute atomic E-state index is 0.0420. The van der Waals surface area contributed by atoms with Gasteiger partial charge in [0, 0.05) is 21.8 Å². The molecule has 0 N–H and O–H groups in total. The maximum atomic E-state index is 15.0. The summed E-state index contributed by atoms with van der Waals surface area (Å²) in [5, 5.41) is 18.3. The molecule has 6 heteroatoms. The lowest BCUT2D eigenvalue weighted by molar-refractivity contribution is -0.243. The van der Waals surface area contributed by atoms with Gasteiger partial charge in [0.1, 0.15) is 18.7 Å². The monoisotopic (exact) mass is 542 g/mol. The third kappa shape index (κ3) is 2.76. The Labute approximate surface area is 239 Å². The third-order valence-electron chi connectivity index (χ3n) is 14.8. The van der Waals surface area contributed by atoms with E-state index in [0.29, 0.717) is 0 Å². The fourth-order valence-corrected chi connectivity index (χ4v) is 11.6. The zero-order valence-corrected chi connectivity index (χ0v) is 25.9. The second kappa shape index (κ2) is 7.64. The summed E-state index contributed by atoms with van der Waals surface area (Å²) in [5.74, 6) is 0.226. The molecule has 0 bridgehead atoms. The first-order valence-electron chi connectivity index (χ1n) is 15.2. The second-order valence-corrected chi connectivity index (χ2v) is 16.2. The van der Waals surface area contributed by atoms with Crippen molar-refractivity contribution >= 4 is 11.6 Å². The van der Waals surface area contributed by atoms with Crippen molar-refractivity contribution in [2.24, 2.45) is 43.8 Å². The van der Waals surface area contributed by atoms with Gasteiger partial charge in [0.05, 0.1) is 5.57 Å². The van der Waals surface area contributed by atoms with E-state index in [1.54, 1.807) is 0 Å². The van der Waals surface area contributed by atoms with Crippen molar-refractivity contribution < 1.29 is 9.59 Å². The number of nitriles is 1. The van der Waals surface area contributed by atoms with Crippen molar-refractivity contribution in [2.75, 3.05) is 0 Å². The van der Waals surface area contributed by atoms with Gasteiger partial charge in [-0.2, -0.15) is 5.26 Å². The van der Waals surface area contributed by atoms with E-state index in [0.717, 1.165) is 50.5 Å². The molecule has 5 aliphatic rings. The van der Waals surface area contributed by atoms with Gasteiger partial charge in [-0.05, 0) is 85.5 Å². The molecule has 6 rings (SSSR count). The summed E-state index contributed by atoms with van der Waals surface area (Å²) in [7, 11) is 0. The molecule has 0 aromatic carbocycles. The fourth-order valence-electron chi connectivity index (χ4n) is 11.6. The highest BCUT2D eigenvalue weighted by atomic mass is 16.1. The summed E-state index contributed by atoms with van der Waals surface area (Å²) in [6, 6.07) is 2.22. The van der Waals surface area contributed by atoms with Gasteiger partial charge < -0.3 is 4.57 Å². The summed E-state index contributed by atoms with van der Waals surface area (Å²) in [5.41, 5.74) is -1.22. The highest BCUT2D eigenvalue weighted by Gasteiger charge is 2.77. The standard InChI is InChI=1S/C34H46N4O2/c1-27(2)23-10-11-31(6)24(30(23,5)17-22(18-35)26(27)40)16-25(39)34(9)32(31,7)15-13-28(3)12-14-29(4,19-33(28,34)8)38-20-36-37-21-38/h16-17,20-21,23H,10-15,19H2,1-9H3/t23-,28?,29-,30-,31+,32-,33+,34-/m0/s1. The lowest BCUT2D eigenvalue weighted by Gasteiger charge is -2.76. The Balaban J connectivity index is 1.57. The van der Waals surface area contributed by atoms with E-state index in [4.69, 9.17) is 0 Å². The predicted molar refractivity (Wildman–Crippen MR) is 154 cm³/mol. The molecule has 5 aliphatic carbocycles. The molecule has 0 spiro atoms. The molecule has 1 unspecified atom stereocenters. The van der Waals surface area contributed by atoms with Crippen molar-refractivity contribution in [3.05, 3.63) is 36.0 Å². The zero-order chi connectivity index (χ0) is 29.4. The number of hydrogen-bond acceptors (Lipinski definition) is 5. The lowest BCUT2D eigenvalue weighted by Crippen LogP contribution is -2.73. The quantitative estimate of drug-likeness (QED) is 0.382. The third-order valence-corrected chi connectivity index (χ3v) is 14.8. The summed E-state index contributed by atoms with van der Waals surface area (Å²) in [6.45, 7) is 20.5. The highest BCUT2D eigenvalue weighted by molar-refractivity contribution is 6.05. The minimum atomic E-state index is -0.650. The van der Waals surface area contributed by atoms with Gasteiger partial charge in [-0.1, -0.05) is 67.0 Å². The van der Waals surface area contributed by atoms with Crippen LogP contribution in [0.4, 0.5) is 0 Å². The summed E-state index contributed by atoms with van der Waals surface area (Å²) < 4.78 is 2.17. The number of fused-ring (bicyclic) bond motifs is 7. The van der Waals surface area contributed by atoms with E-state index in [-0.39, 0.29) is 50.3 Å². The molecule has 8 atom stereocenters. The van der Waals surface area contributed by atoms with Crippen LogP contribution >= 0.6 is 0 Å². The number of rotatable bonds is 1. The van der Waals surface area contributed by atoms with E-state index < -0.39 is 16.2 Å². The fraction of sp³-hybridized carbons (Fsp3) is 0.735. The molecule has 0 aliphatic heterocycles. The molecule has 0 saturated heterocycles. The Morgan fingerprint density at radius 2 is 1.50 bits per heavy atom. The first kappa shape index (κ1) is 27.6. The molecule has 1 aromatic heterocycles. The van der Waals surface area contributed by atoms with Gasteiger partial charge in [0.25, 0.3) is 0 Å². The SMILES string of the molecule is CC1(C)C(=O)C(C#N)=C[C@]2(C)C3=CC(=O)[C@@]4(C)[C@@](C)(CCC5(C)CC[C@](C)(n6cnnc6)C[C@]54C)[C@]3(C)CC[C@@H]12. The highest BCUT2D eigenvalue weighted by Crippen LogP contribution is 2.81. The van der Waals surface area contributed by atoms with Gasteiger partial charge in [-0.3, -0.25) is 9.59 Å². The van der Waals surface area contributed by atoms with Crippen molar-refractivity contribution in [3.8, 4) is 6.07 Å². The number of aromatic nitrogens is 3. The normalized spacial score (nSPS) is 49.5. The number of ketones is 2. The Morgan fingerprint density at radius 1 is 0.875 bits per heavy atom. The van der Waals surface area contributed by atoms with Crippen LogP contribution in [0, 0.1) is 55.2 Å². The maximum Gasteiger partial charge on any atom is 0.178 e. The van der Waals surface area contributed by atoms with Crippen molar-refractivity contribution in [1.82, 2.24) is 14.8 Å².